The summed E-state index contributed by atoms with van der Waals surface area (Å²) in [6.45, 7) is 0. The number of imidazole rings is 1. The van der Waals surface area contributed by atoms with Crippen molar-refractivity contribution in [3.05, 3.63) is 36.7 Å². The molecule has 0 saturated heterocycles. The molecular formula is C12H8FN7. The molecule has 4 aromatic rings. The number of aromatic nitrogens is 6. The molecule has 0 bridgehead atoms. The maximum absolute atomic E-state index is 14.0. The second-order valence-corrected chi connectivity index (χ2v) is 4.27. The summed E-state index contributed by atoms with van der Waals surface area (Å²) in [5, 5.41) is 8.08. The molecule has 0 aliphatic rings. The minimum Gasteiger partial charge on any atom is -0.398 e. The Bertz CT molecular complexity index is 919. The molecule has 0 aliphatic carbocycles. The number of halogens is 1. The zero-order chi connectivity index (χ0) is 13.7. The van der Waals surface area contributed by atoms with Crippen molar-refractivity contribution in [3.8, 4) is 11.4 Å². The van der Waals surface area contributed by atoms with Gasteiger partial charge in [-0.3, -0.25) is 4.40 Å². The number of nitrogens with two attached hydrogens (primary N) is 1. The van der Waals surface area contributed by atoms with Crippen molar-refractivity contribution >= 4 is 22.5 Å². The van der Waals surface area contributed by atoms with Gasteiger partial charge < -0.3 is 10.7 Å². The van der Waals surface area contributed by atoms with Crippen molar-refractivity contribution in [1.29, 1.82) is 0 Å². The Hall–Kier alpha value is -3.03. The number of anilines is 1. The van der Waals surface area contributed by atoms with Crippen LogP contribution in [0.3, 0.4) is 0 Å². The average Bonchev–Trinajstić information content (AvgIpc) is 3.04. The summed E-state index contributed by atoms with van der Waals surface area (Å²) in [5.41, 5.74) is 8.02. The molecule has 0 amide bonds. The van der Waals surface area contributed by atoms with Crippen molar-refractivity contribution in [2.75, 3.05) is 5.73 Å². The number of hydrogen-bond acceptors (Lipinski definition) is 5. The maximum Gasteiger partial charge on any atom is 0.190 e. The van der Waals surface area contributed by atoms with Crippen LogP contribution < -0.4 is 5.73 Å². The van der Waals surface area contributed by atoms with E-state index < -0.39 is 5.82 Å². The molecular weight excluding hydrogens is 261 g/mol. The molecule has 0 unspecified atom stereocenters. The van der Waals surface area contributed by atoms with E-state index in [0.717, 1.165) is 0 Å². The van der Waals surface area contributed by atoms with Gasteiger partial charge in [-0.2, -0.15) is 0 Å². The Morgan fingerprint density at radius 2 is 2.10 bits per heavy atom. The monoisotopic (exact) mass is 269 g/mol. The lowest BCUT2D eigenvalue weighted by atomic mass is 10.1. The van der Waals surface area contributed by atoms with E-state index in [-0.39, 0.29) is 5.56 Å². The topological polar surface area (TPSA) is 97.8 Å². The van der Waals surface area contributed by atoms with E-state index in [9.17, 15) is 4.39 Å². The van der Waals surface area contributed by atoms with Gasteiger partial charge in [0.05, 0.1) is 11.9 Å². The lowest BCUT2D eigenvalue weighted by molar-refractivity contribution is 0.630. The molecule has 3 N–H and O–H groups in total. The van der Waals surface area contributed by atoms with Gasteiger partial charge in [-0.15, -0.1) is 10.2 Å². The molecule has 0 spiro atoms. The van der Waals surface area contributed by atoms with Crippen molar-refractivity contribution in [3.63, 3.8) is 0 Å². The standard InChI is InChI=1S/C12H8FN7/c13-6-2-1-3-7(14)8(6)11-18-19-12-9-10(16-4-15-9)17-5-20(11)12/h1-5H,14H2,(H,15,16). The van der Waals surface area contributed by atoms with Crippen molar-refractivity contribution in [2.45, 2.75) is 0 Å². The highest BCUT2D eigenvalue weighted by atomic mass is 19.1. The van der Waals surface area contributed by atoms with Crippen LogP contribution in [0.4, 0.5) is 10.1 Å². The summed E-state index contributed by atoms with van der Waals surface area (Å²) in [6.07, 6.45) is 3.02. The molecule has 4 rings (SSSR count). The van der Waals surface area contributed by atoms with E-state index >= 15 is 0 Å². The number of benzene rings is 1. The van der Waals surface area contributed by atoms with Gasteiger partial charge in [0.25, 0.3) is 0 Å². The van der Waals surface area contributed by atoms with E-state index in [0.29, 0.717) is 28.3 Å². The molecule has 3 heterocycles. The molecule has 0 aliphatic heterocycles. The van der Waals surface area contributed by atoms with Gasteiger partial charge in [-0.05, 0) is 12.1 Å². The quantitative estimate of drug-likeness (QED) is 0.509. The normalized spacial score (nSPS) is 11.4. The largest absolute Gasteiger partial charge is 0.398 e. The Kier molecular flexibility index (Phi) is 2.02. The van der Waals surface area contributed by atoms with Crippen LogP contribution in [0, 0.1) is 5.82 Å². The number of nitrogens with zero attached hydrogens (tertiary/aromatic N) is 5. The van der Waals surface area contributed by atoms with Crippen molar-refractivity contribution < 1.29 is 4.39 Å². The second kappa shape index (κ2) is 3.73. The van der Waals surface area contributed by atoms with Gasteiger partial charge in [-0.1, -0.05) is 6.07 Å². The predicted octanol–water partition coefficient (Wildman–Crippen LogP) is 1.39. The Morgan fingerprint density at radius 1 is 1.20 bits per heavy atom. The fourth-order valence-electron chi connectivity index (χ4n) is 2.18. The number of aromatic amines is 1. The highest BCUT2D eigenvalue weighted by Crippen LogP contribution is 2.28. The first kappa shape index (κ1) is 10.9. The molecule has 20 heavy (non-hydrogen) atoms. The zero-order valence-corrected chi connectivity index (χ0v) is 10.1. The van der Waals surface area contributed by atoms with Crippen molar-refractivity contribution in [1.82, 2.24) is 29.5 Å². The molecule has 8 heteroatoms. The molecule has 0 radical (unpaired) electrons. The Labute approximate surface area is 111 Å². The molecule has 0 atom stereocenters. The first-order valence-corrected chi connectivity index (χ1v) is 5.83. The SMILES string of the molecule is Nc1cccc(F)c1-c1nnc2c3[nH]cnc3ncn12. The first-order chi connectivity index (χ1) is 9.75. The molecule has 3 aromatic heterocycles. The van der Waals surface area contributed by atoms with Gasteiger partial charge in [0.15, 0.2) is 17.1 Å². The van der Waals surface area contributed by atoms with Crippen LogP contribution in [0.25, 0.3) is 28.2 Å². The minimum atomic E-state index is -0.455. The van der Waals surface area contributed by atoms with E-state index in [4.69, 9.17) is 5.73 Å². The van der Waals surface area contributed by atoms with Crippen LogP contribution >= 0.6 is 0 Å². The summed E-state index contributed by atoms with van der Waals surface area (Å²) in [6, 6.07) is 4.49. The molecule has 0 saturated carbocycles. The number of fused-ring (bicyclic) bond motifs is 3. The highest BCUT2D eigenvalue weighted by Gasteiger charge is 2.17. The van der Waals surface area contributed by atoms with Gasteiger partial charge >= 0.3 is 0 Å². The summed E-state index contributed by atoms with van der Waals surface area (Å²) in [4.78, 5) is 11.1. The van der Waals surface area contributed by atoms with Crippen LogP contribution in [-0.2, 0) is 0 Å². The maximum atomic E-state index is 14.0. The summed E-state index contributed by atoms with van der Waals surface area (Å²) < 4.78 is 15.6. The average molecular weight is 269 g/mol. The fourth-order valence-corrected chi connectivity index (χ4v) is 2.18. The third-order valence-corrected chi connectivity index (χ3v) is 3.10. The Balaban J connectivity index is 2.10. The number of H-pyrrole nitrogens is 1. The smallest absolute Gasteiger partial charge is 0.190 e. The summed E-state index contributed by atoms with van der Waals surface area (Å²) in [7, 11) is 0. The first-order valence-electron chi connectivity index (χ1n) is 5.83. The third kappa shape index (κ3) is 1.32. The molecule has 7 nitrogen and oxygen atoms in total. The summed E-state index contributed by atoms with van der Waals surface area (Å²) in [5.74, 6) is -0.149. The number of rotatable bonds is 1. The van der Waals surface area contributed by atoms with E-state index in [1.807, 2.05) is 0 Å². The molecule has 0 fully saturated rings. The van der Waals surface area contributed by atoms with Crippen LogP contribution in [0.5, 0.6) is 0 Å². The van der Waals surface area contributed by atoms with E-state index in [1.165, 1.54) is 18.7 Å². The van der Waals surface area contributed by atoms with Gasteiger partial charge in [0.2, 0.25) is 0 Å². The fraction of sp³-hybridized carbons (Fsp3) is 0. The van der Waals surface area contributed by atoms with Gasteiger partial charge in [0, 0.05) is 5.69 Å². The van der Waals surface area contributed by atoms with E-state index in [2.05, 4.69) is 25.1 Å². The lowest BCUT2D eigenvalue weighted by Crippen LogP contribution is -1.98. The zero-order valence-electron chi connectivity index (χ0n) is 10.1. The lowest BCUT2D eigenvalue weighted by Gasteiger charge is -2.04. The summed E-state index contributed by atoms with van der Waals surface area (Å²) >= 11 is 0. The van der Waals surface area contributed by atoms with Crippen LogP contribution in [0.1, 0.15) is 0 Å². The predicted molar refractivity (Wildman–Crippen MR) is 70.2 cm³/mol. The van der Waals surface area contributed by atoms with E-state index in [1.54, 1.807) is 16.5 Å². The minimum absolute atomic E-state index is 0.209. The second-order valence-electron chi connectivity index (χ2n) is 4.27. The van der Waals surface area contributed by atoms with Crippen LogP contribution in [-0.4, -0.2) is 29.5 Å². The number of hydrogen-bond donors (Lipinski definition) is 2. The van der Waals surface area contributed by atoms with Gasteiger partial charge in [0.1, 0.15) is 17.7 Å². The van der Waals surface area contributed by atoms with Crippen LogP contribution in [0.2, 0.25) is 0 Å². The van der Waals surface area contributed by atoms with Crippen molar-refractivity contribution in [2.24, 2.45) is 0 Å². The molecule has 1 aromatic carbocycles. The number of nitrogens with one attached hydrogen (secondary N) is 1. The van der Waals surface area contributed by atoms with Gasteiger partial charge in [-0.25, -0.2) is 14.4 Å². The number of nitrogen functional groups attached to an aromatic ring is 1. The molecule has 98 valence electrons. The third-order valence-electron chi connectivity index (χ3n) is 3.10. The van der Waals surface area contributed by atoms with Crippen LogP contribution in [0.15, 0.2) is 30.9 Å². The highest BCUT2D eigenvalue weighted by molar-refractivity contribution is 5.86. The Morgan fingerprint density at radius 3 is 2.95 bits per heavy atom.